The van der Waals surface area contributed by atoms with Gasteiger partial charge in [0.15, 0.2) is 11.6 Å². The van der Waals surface area contributed by atoms with Crippen LogP contribution < -0.4 is 5.32 Å². The third-order valence-corrected chi connectivity index (χ3v) is 2.93. The van der Waals surface area contributed by atoms with Crippen LogP contribution in [0.25, 0.3) is 11.6 Å². The summed E-state index contributed by atoms with van der Waals surface area (Å²) < 4.78 is 5.30. The number of furan rings is 1. The highest BCUT2D eigenvalue weighted by Gasteiger charge is 2.12. The molecule has 1 unspecified atom stereocenters. The molecule has 0 spiro atoms. The average molecular weight is 245 g/mol. The molecule has 0 fully saturated rings. The largest absolute Gasteiger partial charge is 0.461 e. The van der Waals surface area contributed by atoms with Crippen molar-refractivity contribution in [3.8, 4) is 11.6 Å². The van der Waals surface area contributed by atoms with Gasteiger partial charge >= 0.3 is 0 Å². The minimum atomic E-state index is 0.274. The Morgan fingerprint density at radius 2 is 2.28 bits per heavy atom. The Kier molecular flexibility index (Phi) is 4.10. The van der Waals surface area contributed by atoms with Gasteiger partial charge in [0.1, 0.15) is 0 Å². The smallest absolute Gasteiger partial charge is 0.195 e. The molecule has 2 aromatic heterocycles. The van der Waals surface area contributed by atoms with Crippen LogP contribution in [-0.2, 0) is 0 Å². The van der Waals surface area contributed by atoms with Crippen molar-refractivity contribution in [3.05, 3.63) is 35.9 Å². The zero-order valence-electron chi connectivity index (χ0n) is 11.1. The fraction of sp³-hybridized carbons (Fsp3) is 0.429. The molecule has 96 valence electrons. The summed E-state index contributed by atoms with van der Waals surface area (Å²) >= 11 is 0. The third kappa shape index (κ3) is 2.76. The Balaban J connectivity index is 2.20. The van der Waals surface area contributed by atoms with Gasteiger partial charge < -0.3 is 9.73 Å². The zero-order chi connectivity index (χ0) is 13.0. The second-order valence-electron chi connectivity index (χ2n) is 4.39. The summed E-state index contributed by atoms with van der Waals surface area (Å²) in [4.78, 5) is 8.87. The standard InChI is InChI=1S/C14H19N3O/c1-4-7-15-10(2)12-9-16-14(17-11(12)3)13-6-5-8-18-13/h5-6,8-10,15H,4,7H2,1-3H3. The van der Waals surface area contributed by atoms with Gasteiger partial charge in [0.25, 0.3) is 0 Å². The second kappa shape index (κ2) is 5.78. The van der Waals surface area contributed by atoms with E-state index in [1.807, 2.05) is 25.3 Å². The lowest BCUT2D eigenvalue weighted by molar-refractivity contribution is 0.560. The molecule has 1 N–H and O–H groups in total. The minimum Gasteiger partial charge on any atom is -0.461 e. The van der Waals surface area contributed by atoms with Gasteiger partial charge in [-0.05, 0) is 38.9 Å². The van der Waals surface area contributed by atoms with Gasteiger partial charge in [0.05, 0.1) is 6.26 Å². The zero-order valence-corrected chi connectivity index (χ0v) is 11.1. The lowest BCUT2D eigenvalue weighted by Gasteiger charge is -2.15. The number of aromatic nitrogens is 2. The van der Waals surface area contributed by atoms with Crippen LogP contribution in [0.5, 0.6) is 0 Å². The SMILES string of the molecule is CCCNC(C)c1cnc(-c2ccco2)nc1C. The molecule has 0 saturated carbocycles. The molecule has 4 nitrogen and oxygen atoms in total. The van der Waals surface area contributed by atoms with Crippen LogP contribution in [0.4, 0.5) is 0 Å². The number of nitrogens with one attached hydrogen (secondary N) is 1. The molecule has 0 aliphatic carbocycles. The Morgan fingerprint density at radius 1 is 1.44 bits per heavy atom. The molecule has 0 radical (unpaired) electrons. The molecule has 0 bridgehead atoms. The first-order chi connectivity index (χ1) is 8.72. The maximum absolute atomic E-state index is 5.30. The number of aryl methyl sites for hydroxylation is 1. The minimum absolute atomic E-state index is 0.274. The van der Waals surface area contributed by atoms with E-state index in [0.717, 1.165) is 24.2 Å². The summed E-state index contributed by atoms with van der Waals surface area (Å²) in [7, 11) is 0. The molecular formula is C14H19N3O. The van der Waals surface area contributed by atoms with E-state index in [-0.39, 0.29) is 6.04 Å². The highest BCUT2D eigenvalue weighted by Crippen LogP contribution is 2.19. The number of rotatable bonds is 5. The Labute approximate surface area is 107 Å². The highest BCUT2D eigenvalue weighted by atomic mass is 16.3. The molecule has 0 amide bonds. The monoisotopic (exact) mass is 245 g/mol. The predicted molar refractivity (Wildman–Crippen MR) is 71.2 cm³/mol. The lowest BCUT2D eigenvalue weighted by atomic mass is 10.1. The van der Waals surface area contributed by atoms with Crippen molar-refractivity contribution >= 4 is 0 Å². The van der Waals surface area contributed by atoms with Crippen molar-refractivity contribution in [2.45, 2.75) is 33.2 Å². The fourth-order valence-electron chi connectivity index (χ4n) is 1.90. The molecule has 0 saturated heterocycles. The Bertz CT molecular complexity index is 494. The molecule has 2 aromatic rings. The summed E-state index contributed by atoms with van der Waals surface area (Å²) in [6.07, 6.45) is 4.63. The first-order valence-electron chi connectivity index (χ1n) is 6.33. The number of nitrogens with zero attached hydrogens (tertiary/aromatic N) is 2. The van der Waals surface area contributed by atoms with Crippen LogP contribution in [0.15, 0.2) is 29.0 Å². The van der Waals surface area contributed by atoms with E-state index in [9.17, 15) is 0 Å². The molecule has 4 heteroatoms. The normalized spacial score (nSPS) is 12.6. The van der Waals surface area contributed by atoms with E-state index in [0.29, 0.717) is 11.6 Å². The van der Waals surface area contributed by atoms with Crippen LogP contribution in [-0.4, -0.2) is 16.5 Å². The summed E-state index contributed by atoms with van der Waals surface area (Å²) in [6, 6.07) is 3.98. The summed E-state index contributed by atoms with van der Waals surface area (Å²) in [5.41, 5.74) is 2.13. The van der Waals surface area contributed by atoms with E-state index in [4.69, 9.17) is 4.42 Å². The van der Waals surface area contributed by atoms with Gasteiger partial charge in [-0.25, -0.2) is 9.97 Å². The molecule has 1 atom stereocenters. The maximum atomic E-state index is 5.30. The van der Waals surface area contributed by atoms with Crippen LogP contribution in [0.2, 0.25) is 0 Å². The lowest BCUT2D eigenvalue weighted by Crippen LogP contribution is -2.20. The molecule has 0 aliphatic rings. The first-order valence-corrected chi connectivity index (χ1v) is 6.33. The van der Waals surface area contributed by atoms with Crippen molar-refractivity contribution in [1.82, 2.24) is 15.3 Å². The van der Waals surface area contributed by atoms with Crippen LogP contribution in [0.3, 0.4) is 0 Å². The van der Waals surface area contributed by atoms with Gasteiger partial charge in [0, 0.05) is 23.5 Å². The fourth-order valence-corrected chi connectivity index (χ4v) is 1.90. The predicted octanol–water partition coefficient (Wildman–Crippen LogP) is 3.11. The summed E-state index contributed by atoms with van der Waals surface area (Å²) in [5.74, 6) is 1.35. The Morgan fingerprint density at radius 3 is 2.89 bits per heavy atom. The van der Waals surface area contributed by atoms with Crippen molar-refractivity contribution < 1.29 is 4.42 Å². The van der Waals surface area contributed by atoms with Crippen molar-refractivity contribution in [2.24, 2.45) is 0 Å². The van der Waals surface area contributed by atoms with Gasteiger partial charge in [0.2, 0.25) is 0 Å². The Hall–Kier alpha value is -1.68. The van der Waals surface area contributed by atoms with Crippen LogP contribution in [0, 0.1) is 6.92 Å². The van der Waals surface area contributed by atoms with Gasteiger partial charge in [-0.15, -0.1) is 0 Å². The highest BCUT2D eigenvalue weighted by molar-refractivity contribution is 5.46. The maximum Gasteiger partial charge on any atom is 0.195 e. The van der Waals surface area contributed by atoms with E-state index in [1.54, 1.807) is 6.26 Å². The number of hydrogen-bond donors (Lipinski definition) is 1. The van der Waals surface area contributed by atoms with Gasteiger partial charge in [-0.1, -0.05) is 6.92 Å². The first kappa shape index (κ1) is 12.8. The summed E-state index contributed by atoms with van der Waals surface area (Å²) in [6.45, 7) is 7.30. The van der Waals surface area contributed by atoms with Crippen LogP contribution in [0.1, 0.15) is 37.6 Å². The second-order valence-corrected chi connectivity index (χ2v) is 4.39. The average Bonchev–Trinajstić information content (AvgIpc) is 2.89. The molecular weight excluding hydrogens is 226 g/mol. The van der Waals surface area contributed by atoms with Crippen molar-refractivity contribution in [2.75, 3.05) is 6.54 Å². The topological polar surface area (TPSA) is 51.0 Å². The molecule has 0 aromatic carbocycles. The molecule has 2 rings (SSSR count). The summed E-state index contributed by atoms with van der Waals surface area (Å²) in [5, 5.41) is 3.44. The quantitative estimate of drug-likeness (QED) is 0.879. The van der Waals surface area contributed by atoms with E-state index >= 15 is 0 Å². The number of hydrogen-bond acceptors (Lipinski definition) is 4. The van der Waals surface area contributed by atoms with E-state index in [2.05, 4.69) is 29.1 Å². The van der Waals surface area contributed by atoms with E-state index in [1.165, 1.54) is 0 Å². The van der Waals surface area contributed by atoms with E-state index < -0.39 is 0 Å². The third-order valence-electron chi connectivity index (χ3n) is 2.93. The van der Waals surface area contributed by atoms with Gasteiger partial charge in [-0.3, -0.25) is 0 Å². The van der Waals surface area contributed by atoms with Crippen molar-refractivity contribution in [1.29, 1.82) is 0 Å². The molecule has 2 heterocycles. The van der Waals surface area contributed by atoms with Crippen LogP contribution >= 0.6 is 0 Å². The van der Waals surface area contributed by atoms with Crippen molar-refractivity contribution in [3.63, 3.8) is 0 Å². The van der Waals surface area contributed by atoms with Gasteiger partial charge in [-0.2, -0.15) is 0 Å². The molecule has 18 heavy (non-hydrogen) atoms. The molecule has 0 aliphatic heterocycles.